The molecule has 0 radical (unpaired) electrons. The van der Waals surface area contributed by atoms with Crippen molar-refractivity contribution >= 4 is 124 Å². The molecule has 11 amide bonds. The SMILES string of the molecule is CSCC[C@H](NC(=O)[C@H](CCSC)NC(=O)[C@H](CCC(=O)O)NC(=O)[C@H](CCC(=O)O)NC(=O)[C@H](CC(=O)O)NC(=O)[C@H](CO)NC(=O)[C@@H](NC(=O)[C@H](CO)NC(=O)CN)C(C)C)C(=O)N[C@@H](CCC(=O)O)C(=O)N[C@@H](CC(C)C)C(=O)N[C@@H](CCCN=C(N)N)C(=O)O. The van der Waals surface area contributed by atoms with E-state index in [-0.39, 0.29) is 62.0 Å². The Morgan fingerprint density at radius 1 is 0.404 bits per heavy atom. The van der Waals surface area contributed by atoms with Crippen LogP contribution in [0, 0.1) is 11.8 Å². The van der Waals surface area contributed by atoms with Crippen LogP contribution in [0.2, 0.25) is 0 Å². The minimum Gasteiger partial charge on any atom is -0.481 e. The number of aliphatic hydroxyl groups is 2. The van der Waals surface area contributed by atoms with Gasteiger partial charge in [0.05, 0.1) is 26.2 Å². The van der Waals surface area contributed by atoms with Gasteiger partial charge in [-0.1, -0.05) is 27.7 Å². The molecule has 0 unspecified atom stereocenters. The number of nitrogens with zero attached hydrogens (tertiary/aromatic N) is 1. The highest BCUT2D eigenvalue weighted by Gasteiger charge is 2.38. The van der Waals surface area contributed by atoms with Crippen LogP contribution in [0.1, 0.15) is 105 Å². The molecule has 0 aromatic carbocycles. The average molecular weight is 1380 g/mol. The van der Waals surface area contributed by atoms with Crippen LogP contribution in [-0.2, 0) is 76.7 Å². The van der Waals surface area contributed by atoms with E-state index in [2.05, 4.69) is 58.2 Å². The maximum absolute atomic E-state index is 14.2. The number of aliphatic hydroxyl groups excluding tert-OH is 2. The third-order valence-electron chi connectivity index (χ3n) is 13.3. The van der Waals surface area contributed by atoms with Crippen LogP contribution in [-0.4, -0.2) is 253 Å². The van der Waals surface area contributed by atoms with Crippen molar-refractivity contribution in [3.63, 3.8) is 0 Å². The van der Waals surface area contributed by atoms with Crippen LogP contribution < -0.4 is 75.7 Å². The van der Waals surface area contributed by atoms with Gasteiger partial charge in [0.1, 0.15) is 66.5 Å². The summed E-state index contributed by atoms with van der Waals surface area (Å²) in [6.45, 7) is 3.59. The van der Waals surface area contributed by atoms with Crippen molar-refractivity contribution in [1.82, 2.24) is 58.5 Å². The summed E-state index contributed by atoms with van der Waals surface area (Å²) < 4.78 is 0. The van der Waals surface area contributed by atoms with E-state index in [1.54, 1.807) is 26.4 Å². The minimum absolute atomic E-state index is 0.0349. The van der Waals surface area contributed by atoms with Gasteiger partial charge in [-0.25, -0.2) is 4.79 Å². The van der Waals surface area contributed by atoms with Crippen molar-refractivity contribution < 1.29 is 112 Å². The zero-order chi connectivity index (χ0) is 71.9. The average Bonchev–Trinajstić information content (AvgIpc) is 0.945. The van der Waals surface area contributed by atoms with Crippen LogP contribution in [0.3, 0.4) is 0 Å². The number of nitrogens with one attached hydrogen (secondary N) is 11. The molecule has 0 fully saturated rings. The minimum atomic E-state index is -2.18. The van der Waals surface area contributed by atoms with E-state index in [4.69, 9.17) is 17.2 Å². The maximum atomic E-state index is 14.2. The van der Waals surface area contributed by atoms with Crippen molar-refractivity contribution in [2.75, 3.05) is 50.3 Å². The first-order valence-corrected chi connectivity index (χ1v) is 32.2. The van der Waals surface area contributed by atoms with Crippen molar-refractivity contribution in [3.05, 3.63) is 0 Å². The van der Waals surface area contributed by atoms with Crippen molar-refractivity contribution in [1.29, 1.82) is 0 Å². The molecule has 40 heteroatoms. The molecule has 0 saturated heterocycles. The zero-order valence-corrected chi connectivity index (χ0v) is 54.5. The van der Waals surface area contributed by atoms with Crippen LogP contribution in [0.15, 0.2) is 4.99 Å². The second kappa shape index (κ2) is 45.6. The number of rotatable bonds is 49. The van der Waals surface area contributed by atoms with E-state index in [9.17, 15) is 112 Å². The number of thioether (sulfide) groups is 2. The Hall–Kier alpha value is -8.63. The van der Waals surface area contributed by atoms with Crippen LogP contribution in [0.25, 0.3) is 0 Å². The quantitative estimate of drug-likeness (QED) is 0.0153. The third kappa shape index (κ3) is 34.9. The monoisotopic (exact) mass is 1380 g/mol. The highest BCUT2D eigenvalue weighted by molar-refractivity contribution is 7.98. The predicted octanol–water partition coefficient (Wildman–Crippen LogP) is -7.32. The molecule has 0 aliphatic rings. The standard InChI is InChI=1S/C54H91N15O23S2/c1-25(2)20-33(48(86)65-32(53(91)92)8-7-17-58-54(56)57)66-45(83)29(11-14-40(77)78)61-46(84)30(15-18-93-5)64-47(85)31(16-19-94-6)63-44(82)27(9-12-38(73)74)60-43(81)28(10-13-39(75)76)62-49(87)34(21-41(79)80)67-50(88)36(24-71)68-52(90)42(26(3)4)69-51(89)35(23-70)59-37(72)22-55/h25-36,42,70-71H,7-24,55H2,1-6H3,(H,59,72)(H,60,81)(H,61,84)(H,62,87)(H,63,82)(H,64,85)(H,65,86)(H,66,83)(H,67,88)(H,68,90)(H,69,89)(H,73,74)(H,75,76)(H,77,78)(H,79,80)(H,91,92)(H4,56,57,58)/t27-,28-,29-,30-,31-,32-,33-,34-,35-,36-,42-/m0/s1. The molecule has 0 rings (SSSR count). The first kappa shape index (κ1) is 85.4. The highest BCUT2D eigenvalue weighted by Crippen LogP contribution is 2.13. The first-order chi connectivity index (χ1) is 44.0. The van der Waals surface area contributed by atoms with E-state index < -0.39 is 232 Å². The van der Waals surface area contributed by atoms with E-state index in [1.807, 2.05) is 5.32 Å². The van der Waals surface area contributed by atoms with Crippen LogP contribution >= 0.6 is 23.5 Å². The van der Waals surface area contributed by atoms with Gasteiger partial charge >= 0.3 is 29.8 Å². The van der Waals surface area contributed by atoms with Gasteiger partial charge in [-0.2, -0.15) is 23.5 Å². The van der Waals surface area contributed by atoms with E-state index in [1.165, 1.54) is 37.4 Å². The maximum Gasteiger partial charge on any atom is 0.326 e. The largest absolute Gasteiger partial charge is 0.481 e. The Morgan fingerprint density at radius 3 is 1.07 bits per heavy atom. The van der Waals surface area contributed by atoms with Gasteiger partial charge in [-0.15, -0.1) is 0 Å². The number of aliphatic carboxylic acids is 5. The Kier molecular flexibility index (Phi) is 41.4. The fourth-order valence-corrected chi connectivity index (χ4v) is 9.28. The molecule has 0 aromatic rings. The molecule has 0 aliphatic carbocycles. The fraction of sp³-hybridized carbons (Fsp3) is 0.685. The smallest absolute Gasteiger partial charge is 0.326 e. The lowest BCUT2D eigenvalue weighted by Gasteiger charge is -2.28. The third-order valence-corrected chi connectivity index (χ3v) is 14.6. The van der Waals surface area contributed by atoms with Gasteiger partial charge in [0.25, 0.3) is 0 Å². The molecule has 24 N–H and O–H groups in total. The summed E-state index contributed by atoms with van der Waals surface area (Å²) >= 11 is 2.40. The molecule has 532 valence electrons. The Bertz CT molecular complexity index is 2650. The number of aliphatic imine (C=N–C) groups is 1. The number of guanidine groups is 1. The van der Waals surface area contributed by atoms with Crippen molar-refractivity contribution in [2.45, 2.75) is 171 Å². The van der Waals surface area contributed by atoms with Gasteiger partial charge in [-0.3, -0.25) is 76.9 Å². The summed E-state index contributed by atoms with van der Waals surface area (Å²) in [6.07, 6.45) is -2.94. The summed E-state index contributed by atoms with van der Waals surface area (Å²) in [4.78, 5) is 213. The van der Waals surface area contributed by atoms with Gasteiger partial charge in [0.2, 0.25) is 65.0 Å². The summed E-state index contributed by atoms with van der Waals surface area (Å²) in [5, 5.41) is 93.1. The lowest BCUT2D eigenvalue weighted by atomic mass is 10.0. The van der Waals surface area contributed by atoms with Crippen molar-refractivity contribution in [2.24, 2.45) is 34.0 Å². The Balaban J connectivity index is 6.99. The van der Waals surface area contributed by atoms with Crippen LogP contribution in [0.4, 0.5) is 0 Å². The Labute approximate surface area is 548 Å². The van der Waals surface area contributed by atoms with E-state index >= 15 is 0 Å². The molecule has 0 heterocycles. The number of amides is 11. The zero-order valence-electron chi connectivity index (χ0n) is 52.9. The number of carboxylic acids is 5. The molecule has 94 heavy (non-hydrogen) atoms. The van der Waals surface area contributed by atoms with Gasteiger partial charge < -0.3 is 111 Å². The summed E-state index contributed by atoms with van der Waals surface area (Å²) in [5.41, 5.74) is 15.9. The molecule has 38 nitrogen and oxygen atoms in total. The number of carboxylic acid groups (broad SMARTS) is 5. The topological polar surface area (TPSA) is 637 Å². The number of carbonyl (C=O) groups is 16. The number of hydrogen-bond donors (Lipinski definition) is 21. The van der Waals surface area contributed by atoms with Gasteiger partial charge in [-0.05, 0) is 87.2 Å². The molecule has 0 spiro atoms. The predicted molar refractivity (Wildman–Crippen MR) is 335 cm³/mol. The molecule has 0 saturated carbocycles. The first-order valence-electron chi connectivity index (χ1n) is 29.4. The molecule has 11 atom stereocenters. The number of hydrogen-bond acceptors (Lipinski definition) is 22. The molecule has 0 aliphatic heterocycles. The molecular formula is C54H91N15O23S2. The molecule has 0 aromatic heterocycles. The van der Waals surface area contributed by atoms with Gasteiger partial charge in [0, 0.05) is 25.8 Å². The summed E-state index contributed by atoms with van der Waals surface area (Å²) in [5.74, 6) is -21.3. The fourth-order valence-electron chi connectivity index (χ4n) is 8.34. The van der Waals surface area contributed by atoms with Gasteiger partial charge in [0.15, 0.2) is 5.96 Å². The van der Waals surface area contributed by atoms with E-state index in [0.717, 1.165) is 0 Å². The number of nitrogens with two attached hydrogens (primary N) is 3. The van der Waals surface area contributed by atoms with Crippen molar-refractivity contribution in [3.8, 4) is 0 Å². The molecular weight excluding hydrogens is 1290 g/mol. The van der Waals surface area contributed by atoms with E-state index in [0.29, 0.717) is 0 Å². The second-order valence-electron chi connectivity index (χ2n) is 21.8. The highest BCUT2D eigenvalue weighted by atomic mass is 32.2. The lowest BCUT2D eigenvalue weighted by molar-refractivity contribution is -0.143. The summed E-state index contributed by atoms with van der Waals surface area (Å²) in [6, 6.07) is -18.9. The second-order valence-corrected chi connectivity index (χ2v) is 23.8. The normalized spacial score (nSPS) is 14.5. The molecule has 0 bridgehead atoms. The lowest BCUT2D eigenvalue weighted by Crippen LogP contribution is -2.61. The number of carbonyl (C=O) groups excluding carboxylic acids is 11. The van der Waals surface area contributed by atoms with Crippen LogP contribution in [0.5, 0.6) is 0 Å². The Morgan fingerprint density at radius 2 is 0.734 bits per heavy atom. The summed E-state index contributed by atoms with van der Waals surface area (Å²) in [7, 11) is 0.